The van der Waals surface area contributed by atoms with Crippen LogP contribution in [0.25, 0.3) is 110 Å². The number of hydrogen-bond acceptors (Lipinski definition) is 5. The molecule has 11 rings (SSSR count). The molecule has 3 heterocycles. The van der Waals surface area contributed by atoms with Gasteiger partial charge < -0.3 is 4.42 Å². The zero-order valence-corrected chi connectivity index (χ0v) is 30.4. The number of para-hydroxylation sites is 1. The van der Waals surface area contributed by atoms with Crippen LogP contribution in [-0.2, 0) is 0 Å². The molecule has 8 aromatic carbocycles. The van der Waals surface area contributed by atoms with Crippen molar-refractivity contribution >= 4 is 53.4 Å². The summed E-state index contributed by atoms with van der Waals surface area (Å²) >= 11 is 1.08. The lowest BCUT2D eigenvalue weighted by Crippen LogP contribution is -2.00. The Morgan fingerprint density at radius 2 is 0.911 bits per heavy atom. The fraction of sp³-hybridized carbons (Fsp3) is 0. The van der Waals surface area contributed by atoms with Gasteiger partial charge in [-0.15, -0.1) is 11.3 Å². The summed E-state index contributed by atoms with van der Waals surface area (Å²) in [5.74, 6) is 0.729. The maximum Gasteiger partial charge on any atom is 0.164 e. The Morgan fingerprint density at radius 1 is 0.357 bits per heavy atom. The fourth-order valence-corrected chi connectivity index (χ4v) is 8.18. The quantitative estimate of drug-likeness (QED) is 0.170. The summed E-state index contributed by atoms with van der Waals surface area (Å²) in [6.45, 7) is 0. The Bertz CT molecular complexity index is 3510. The number of nitrogens with zero attached hydrogens (tertiary/aromatic N) is 3. The second-order valence-electron chi connectivity index (χ2n) is 13.5. The molecule has 0 saturated carbocycles. The molecule has 0 radical (unpaired) electrons. The molecule has 0 N–H and O–H groups in total. The van der Waals surface area contributed by atoms with Gasteiger partial charge in [0.1, 0.15) is 11.2 Å². The lowest BCUT2D eigenvalue weighted by Gasteiger charge is -2.11. The molecule has 56 heavy (non-hydrogen) atoms. The Balaban J connectivity index is 1.12. The van der Waals surface area contributed by atoms with E-state index in [2.05, 4.69) is 0 Å². The van der Waals surface area contributed by atoms with Crippen molar-refractivity contribution in [3.05, 3.63) is 188 Å². The third-order valence-electron chi connectivity index (χ3n) is 9.99. The molecule has 0 atom stereocenters. The van der Waals surface area contributed by atoms with Gasteiger partial charge >= 0.3 is 0 Å². The largest absolute Gasteiger partial charge is 0.456 e. The maximum atomic E-state index is 9.68. The molecule has 0 fully saturated rings. The second kappa shape index (κ2) is 13.3. The van der Waals surface area contributed by atoms with Crippen LogP contribution in [0, 0.1) is 0 Å². The van der Waals surface area contributed by atoms with Crippen LogP contribution < -0.4 is 0 Å². The third-order valence-corrected chi connectivity index (χ3v) is 11.0. The first-order valence-corrected chi connectivity index (χ1v) is 19.0. The predicted octanol–water partition coefficient (Wildman–Crippen LogP) is 14.1. The molecule has 0 amide bonds. The number of rotatable bonds is 6. The monoisotopic (exact) mass is 739 g/mol. The predicted molar refractivity (Wildman–Crippen MR) is 233 cm³/mol. The SMILES string of the molecule is [2H]c1c(-c2ccc3oc4ccccc4c3c2)c([2H])c2c(sc3c([2H])c(-c4nc(-c5cccc(-c6ccccc6)c5)nc(-c5cccc(-c6ccccc6)c5)n4)c([2H])c([2H])c32)c1[2H]. The van der Waals surface area contributed by atoms with Gasteiger partial charge in [0.2, 0.25) is 0 Å². The van der Waals surface area contributed by atoms with Gasteiger partial charge in [0, 0.05) is 47.6 Å². The van der Waals surface area contributed by atoms with E-state index in [9.17, 15) is 6.85 Å². The minimum atomic E-state index is -0.282. The van der Waals surface area contributed by atoms with E-state index >= 15 is 0 Å². The molecule has 0 saturated heterocycles. The molecule has 4 nitrogen and oxygen atoms in total. The Hall–Kier alpha value is -7.21. The second-order valence-corrected chi connectivity index (χ2v) is 14.5. The van der Waals surface area contributed by atoms with Crippen LogP contribution in [0.15, 0.2) is 192 Å². The van der Waals surface area contributed by atoms with Crippen molar-refractivity contribution in [2.24, 2.45) is 0 Å². The van der Waals surface area contributed by atoms with Gasteiger partial charge in [-0.05, 0) is 81.8 Å². The number of hydrogen-bond donors (Lipinski definition) is 0. The molecule has 0 unspecified atom stereocenters. The molecule has 0 spiro atoms. The van der Waals surface area contributed by atoms with Crippen LogP contribution in [0.4, 0.5) is 0 Å². The number of benzene rings is 8. The van der Waals surface area contributed by atoms with Crippen molar-refractivity contribution in [3.8, 4) is 67.5 Å². The summed E-state index contributed by atoms with van der Waals surface area (Å²) in [5.41, 5.74) is 7.60. The van der Waals surface area contributed by atoms with Crippen molar-refractivity contribution in [2.75, 3.05) is 0 Å². The Kier molecular flexibility index (Phi) is 6.29. The van der Waals surface area contributed by atoms with E-state index < -0.39 is 0 Å². The van der Waals surface area contributed by atoms with E-state index in [1.165, 1.54) is 0 Å². The van der Waals surface area contributed by atoms with Crippen LogP contribution >= 0.6 is 11.3 Å². The normalized spacial score (nSPS) is 13.1. The van der Waals surface area contributed by atoms with Gasteiger partial charge in [-0.2, -0.15) is 0 Å². The fourth-order valence-electron chi connectivity index (χ4n) is 7.21. The lowest BCUT2D eigenvalue weighted by molar-refractivity contribution is 0.669. The minimum Gasteiger partial charge on any atom is -0.456 e. The molecule has 0 aliphatic carbocycles. The summed E-state index contributed by atoms with van der Waals surface area (Å²) in [4.78, 5) is 14.8. The van der Waals surface area contributed by atoms with Crippen molar-refractivity contribution in [3.63, 3.8) is 0 Å². The Labute approximate surface area is 335 Å². The highest BCUT2D eigenvalue weighted by Crippen LogP contribution is 2.40. The van der Waals surface area contributed by atoms with Crippen molar-refractivity contribution in [1.82, 2.24) is 15.0 Å². The summed E-state index contributed by atoms with van der Waals surface area (Å²) in [5, 5.41) is 2.20. The number of furan rings is 1. The minimum absolute atomic E-state index is 0.0408. The van der Waals surface area contributed by atoms with Gasteiger partial charge in [0.15, 0.2) is 17.5 Å². The first kappa shape index (κ1) is 26.5. The average molecular weight is 740 g/mol. The van der Waals surface area contributed by atoms with Crippen LogP contribution in [0.2, 0.25) is 0 Å². The zero-order valence-electron chi connectivity index (χ0n) is 35.6. The van der Waals surface area contributed by atoms with Crippen LogP contribution in [0.3, 0.4) is 0 Å². The molecular formula is C51H31N3OS. The van der Waals surface area contributed by atoms with Crippen LogP contribution in [0.1, 0.15) is 8.22 Å². The summed E-state index contributed by atoms with van der Waals surface area (Å²) in [6.07, 6.45) is 0. The molecular weight excluding hydrogens is 703 g/mol. The lowest BCUT2D eigenvalue weighted by atomic mass is 10.0. The van der Waals surface area contributed by atoms with Gasteiger partial charge in [-0.3, -0.25) is 0 Å². The van der Waals surface area contributed by atoms with Crippen molar-refractivity contribution in [2.45, 2.75) is 0 Å². The van der Waals surface area contributed by atoms with Gasteiger partial charge in [0.05, 0.1) is 8.22 Å². The highest BCUT2D eigenvalue weighted by Gasteiger charge is 2.16. The maximum absolute atomic E-state index is 9.68. The Morgan fingerprint density at radius 3 is 1.61 bits per heavy atom. The summed E-state index contributed by atoms with van der Waals surface area (Å²) < 4.78 is 63.2. The highest BCUT2D eigenvalue weighted by molar-refractivity contribution is 7.25. The topological polar surface area (TPSA) is 51.8 Å². The molecule has 5 heteroatoms. The van der Waals surface area contributed by atoms with E-state index in [4.69, 9.17) is 20.7 Å². The summed E-state index contributed by atoms with van der Waals surface area (Å²) in [7, 11) is 0. The summed E-state index contributed by atoms with van der Waals surface area (Å²) in [6, 6.07) is 48.0. The van der Waals surface area contributed by atoms with Crippen LogP contribution in [0.5, 0.6) is 0 Å². The van der Waals surface area contributed by atoms with E-state index in [1.807, 2.05) is 146 Å². The van der Waals surface area contributed by atoms with Crippen molar-refractivity contribution < 1.29 is 12.6 Å². The molecule has 11 aromatic rings. The van der Waals surface area contributed by atoms with E-state index in [0.717, 1.165) is 49.9 Å². The molecule has 0 aliphatic heterocycles. The highest BCUT2D eigenvalue weighted by atomic mass is 32.1. The smallest absolute Gasteiger partial charge is 0.164 e. The van der Waals surface area contributed by atoms with E-state index in [1.54, 1.807) is 6.07 Å². The standard InChI is InChI=1S/C51H31N3OS/c1-3-11-32(12-4-1)34-15-9-17-38(27-34)49-52-50(39-18-10-16-35(28-39)33-13-5-2-6-14-33)54-51(53-49)40-21-24-42-44-30-37(23-26-47(44)56-48(42)31-40)36-22-25-46-43(29-36)41-19-7-8-20-45(41)55-46/h1-31H/i21D,23D,24D,26D,30D,31D. The zero-order chi connectivity index (χ0) is 42.2. The third kappa shape index (κ3) is 5.74. The van der Waals surface area contributed by atoms with Gasteiger partial charge in [-0.25, -0.2) is 15.0 Å². The molecule has 0 bridgehead atoms. The van der Waals surface area contributed by atoms with Gasteiger partial charge in [-0.1, -0.05) is 139 Å². The number of thiophene rings is 1. The molecule has 0 aliphatic rings. The average Bonchev–Trinajstić information content (AvgIpc) is 3.91. The van der Waals surface area contributed by atoms with E-state index in [0.29, 0.717) is 43.3 Å². The first-order valence-electron chi connectivity index (χ1n) is 21.2. The number of aromatic nitrogens is 3. The molecule has 262 valence electrons. The number of fused-ring (bicyclic) bond motifs is 6. The van der Waals surface area contributed by atoms with Gasteiger partial charge in [0.25, 0.3) is 0 Å². The van der Waals surface area contributed by atoms with Crippen LogP contribution in [-0.4, -0.2) is 15.0 Å². The first-order chi connectivity index (χ1) is 30.2. The van der Waals surface area contributed by atoms with E-state index in [-0.39, 0.29) is 64.0 Å². The molecule has 3 aromatic heterocycles. The van der Waals surface area contributed by atoms with Crippen molar-refractivity contribution in [1.29, 1.82) is 0 Å².